The number of nitrogens with one attached hydrogen (secondary N) is 1. The van der Waals surface area contributed by atoms with Crippen LogP contribution in [0, 0.1) is 0 Å². The van der Waals surface area contributed by atoms with Crippen molar-refractivity contribution in [2.45, 2.75) is 45.7 Å². The van der Waals surface area contributed by atoms with Crippen molar-refractivity contribution < 1.29 is 14.3 Å². The van der Waals surface area contributed by atoms with E-state index in [1.165, 1.54) is 0 Å². The van der Waals surface area contributed by atoms with Crippen LogP contribution >= 0.6 is 0 Å². The number of benzene rings is 1. The van der Waals surface area contributed by atoms with E-state index in [-0.39, 0.29) is 24.2 Å². The van der Waals surface area contributed by atoms with E-state index in [1.54, 1.807) is 19.1 Å². The summed E-state index contributed by atoms with van der Waals surface area (Å²) in [5.74, 6) is -0.435. The Kier molecular flexibility index (Phi) is 7.75. The number of rotatable bonds is 9. The Hall–Kier alpha value is -1.88. The molecule has 0 spiro atoms. The topological polar surface area (TPSA) is 58.6 Å². The van der Waals surface area contributed by atoms with E-state index in [0.29, 0.717) is 12.2 Å². The van der Waals surface area contributed by atoms with Crippen LogP contribution in [0.3, 0.4) is 0 Å². The molecule has 2 atom stereocenters. The average Bonchev–Trinajstić information content (AvgIpc) is 2.53. The molecule has 0 radical (unpaired) electrons. The number of anilines is 1. The Balaban J connectivity index is 2.90. The summed E-state index contributed by atoms with van der Waals surface area (Å²) in [6, 6.07) is 6.99. The third-order valence-electron chi connectivity index (χ3n) is 3.76. The SMILES string of the molecule is CCOC(=O)CC(NC(C)CC)C(=O)c1ccc(N(C)C)cc1. The lowest BCUT2D eigenvalue weighted by molar-refractivity contribution is -0.143. The summed E-state index contributed by atoms with van der Waals surface area (Å²) in [5, 5.41) is 3.23. The lowest BCUT2D eigenvalue weighted by Crippen LogP contribution is -2.43. The fraction of sp³-hybridized carbons (Fsp3) is 0.556. The number of ether oxygens (including phenoxy) is 1. The third-order valence-corrected chi connectivity index (χ3v) is 3.76. The van der Waals surface area contributed by atoms with Gasteiger partial charge in [0, 0.05) is 31.4 Å². The first-order valence-electron chi connectivity index (χ1n) is 8.12. The molecule has 0 fully saturated rings. The fourth-order valence-corrected chi connectivity index (χ4v) is 2.20. The Morgan fingerprint density at radius 2 is 1.78 bits per heavy atom. The van der Waals surface area contributed by atoms with Gasteiger partial charge in [0.1, 0.15) is 0 Å². The molecule has 0 aromatic heterocycles. The highest BCUT2D eigenvalue weighted by molar-refractivity contribution is 6.02. The Bertz CT molecular complexity index is 512. The van der Waals surface area contributed by atoms with Crippen LogP contribution in [-0.2, 0) is 9.53 Å². The van der Waals surface area contributed by atoms with Crippen LogP contribution in [0.2, 0.25) is 0 Å². The quantitative estimate of drug-likeness (QED) is 0.560. The number of esters is 1. The molecule has 0 aliphatic rings. The van der Waals surface area contributed by atoms with Crippen molar-refractivity contribution in [3.05, 3.63) is 29.8 Å². The van der Waals surface area contributed by atoms with Crippen LogP contribution in [0.1, 0.15) is 44.0 Å². The molecule has 5 nitrogen and oxygen atoms in total. The van der Waals surface area contributed by atoms with Gasteiger partial charge in [0.15, 0.2) is 5.78 Å². The molecule has 0 bridgehead atoms. The largest absolute Gasteiger partial charge is 0.466 e. The molecule has 23 heavy (non-hydrogen) atoms. The second-order valence-corrected chi connectivity index (χ2v) is 5.84. The van der Waals surface area contributed by atoms with Crippen LogP contribution < -0.4 is 10.2 Å². The van der Waals surface area contributed by atoms with Gasteiger partial charge in [0.05, 0.1) is 19.1 Å². The van der Waals surface area contributed by atoms with E-state index in [9.17, 15) is 9.59 Å². The highest BCUT2D eigenvalue weighted by Crippen LogP contribution is 2.15. The molecule has 0 heterocycles. The lowest BCUT2D eigenvalue weighted by atomic mass is 10.00. The fourth-order valence-electron chi connectivity index (χ4n) is 2.20. The van der Waals surface area contributed by atoms with E-state index in [0.717, 1.165) is 12.1 Å². The lowest BCUT2D eigenvalue weighted by Gasteiger charge is -2.21. The van der Waals surface area contributed by atoms with E-state index in [1.807, 2.05) is 45.0 Å². The summed E-state index contributed by atoms with van der Waals surface area (Å²) in [5.41, 5.74) is 1.62. The highest BCUT2D eigenvalue weighted by atomic mass is 16.5. The minimum absolute atomic E-state index is 0.0481. The summed E-state index contributed by atoms with van der Waals surface area (Å²) in [6.07, 6.45) is 0.929. The molecule has 5 heteroatoms. The van der Waals surface area contributed by atoms with Crippen LogP contribution in [0.25, 0.3) is 0 Å². The zero-order valence-electron chi connectivity index (χ0n) is 14.8. The number of carbonyl (C=O) groups is 2. The number of nitrogens with zero attached hydrogens (tertiary/aromatic N) is 1. The summed E-state index contributed by atoms with van der Waals surface area (Å²) >= 11 is 0. The number of hydrogen-bond acceptors (Lipinski definition) is 5. The predicted octanol–water partition coefficient (Wildman–Crippen LogP) is 2.65. The van der Waals surface area contributed by atoms with Gasteiger partial charge in [-0.15, -0.1) is 0 Å². The molecule has 1 rings (SSSR count). The van der Waals surface area contributed by atoms with Gasteiger partial charge >= 0.3 is 5.97 Å². The van der Waals surface area contributed by atoms with Crippen LogP contribution in [-0.4, -0.2) is 44.5 Å². The Labute approximate surface area is 139 Å². The van der Waals surface area contributed by atoms with Gasteiger partial charge in [-0.25, -0.2) is 0 Å². The first-order valence-corrected chi connectivity index (χ1v) is 8.12. The number of hydrogen-bond donors (Lipinski definition) is 1. The normalized spacial score (nSPS) is 13.3. The molecule has 0 aliphatic carbocycles. The minimum Gasteiger partial charge on any atom is -0.466 e. The van der Waals surface area contributed by atoms with Gasteiger partial charge in [-0.3, -0.25) is 9.59 Å². The summed E-state index contributed by atoms with van der Waals surface area (Å²) in [4.78, 5) is 26.5. The molecule has 0 saturated carbocycles. The third kappa shape index (κ3) is 6.02. The first-order chi connectivity index (χ1) is 10.9. The van der Waals surface area contributed by atoms with Crippen LogP contribution in [0.5, 0.6) is 0 Å². The monoisotopic (exact) mass is 320 g/mol. The molecular formula is C18H28N2O3. The van der Waals surface area contributed by atoms with Crippen molar-refractivity contribution in [3.8, 4) is 0 Å². The standard InChI is InChI=1S/C18H28N2O3/c1-6-13(3)19-16(12-17(21)23-7-2)18(22)14-8-10-15(11-9-14)20(4)5/h8-11,13,16,19H,6-7,12H2,1-5H3. The maximum absolute atomic E-state index is 12.7. The minimum atomic E-state index is -0.561. The molecule has 0 saturated heterocycles. The smallest absolute Gasteiger partial charge is 0.307 e. The predicted molar refractivity (Wildman–Crippen MR) is 93.0 cm³/mol. The van der Waals surface area contributed by atoms with E-state index >= 15 is 0 Å². The van der Waals surface area contributed by atoms with Gasteiger partial charge in [0.25, 0.3) is 0 Å². The second-order valence-electron chi connectivity index (χ2n) is 5.84. The molecule has 1 aromatic rings. The number of ketones is 1. The van der Waals surface area contributed by atoms with Gasteiger partial charge < -0.3 is 15.0 Å². The summed E-state index contributed by atoms with van der Waals surface area (Å²) < 4.78 is 4.99. The van der Waals surface area contributed by atoms with Crippen molar-refractivity contribution in [2.75, 3.05) is 25.6 Å². The number of carbonyl (C=O) groups excluding carboxylic acids is 2. The first kappa shape index (κ1) is 19.2. The van der Waals surface area contributed by atoms with E-state index in [4.69, 9.17) is 4.74 Å². The average molecular weight is 320 g/mol. The molecule has 2 unspecified atom stereocenters. The zero-order valence-corrected chi connectivity index (χ0v) is 14.8. The maximum atomic E-state index is 12.7. The Morgan fingerprint density at radius 3 is 2.26 bits per heavy atom. The van der Waals surface area contributed by atoms with E-state index in [2.05, 4.69) is 5.32 Å². The summed E-state index contributed by atoms with van der Waals surface area (Å²) in [7, 11) is 3.90. The molecule has 0 amide bonds. The molecule has 1 aromatic carbocycles. The van der Waals surface area contributed by atoms with Crippen molar-refractivity contribution in [1.29, 1.82) is 0 Å². The molecule has 0 aliphatic heterocycles. The Morgan fingerprint density at radius 1 is 1.17 bits per heavy atom. The van der Waals surface area contributed by atoms with Crippen LogP contribution in [0.4, 0.5) is 5.69 Å². The second kappa shape index (κ2) is 9.30. The van der Waals surface area contributed by atoms with Gasteiger partial charge in [-0.05, 0) is 44.5 Å². The maximum Gasteiger partial charge on any atom is 0.307 e. The van der Waals surface area contributed by atoms with Gasteiger partial charge in [-0.1, -0.05) is 6.92 Å². The summed E-state index contributed by atoms with van der Waals surface area (Å²) in [6.45, 7) is 6.12. The van der Waals surface area contributed by atoms with Crippen LogP contribution in [0.15, 0.2) is 24.3 Å². The molecule has 128 valence electrons. The molecule has 1 N–H and O–H groups in total. The van der Waals surface area contributed by atoms with Gasteiger partial charge in [0.2, 0.25) is 0 Å². The van der Waals surface area contributed by atoms with Gasteiger partial charge in [-0.2, -0.15) is 0 Å². The van der Waals surface area contributed by atoms with E-state index < -0.39 is 6.04 Å². The molecular weight excluding hydrogens is 292 g/mol. The van der Waals surface area contributed by atoms with Crippen molar-refractivity contribution in [3.63, 3.8) is 0 Å². The zero-order chi connectivity index (χ0) is 17.4. The highest BCUT2D eigenvalue weighted by Gasteiger charge is 2.24. The van der Waals surface area contributed by atoms with Crippen molar-refractivity contribution in [2.24, 2.45) is 0 Å². The number of Topliss-reactive ketones (excluding diaryl/α,β-unsaturated/α-hetero) is 1. The van der Waals surface area contributed by atoms with Crippen molar-refractivity contribution in [1.82, 2.24) is 5.32 Å². The van der Waals surface area contributed by atoms with Crippen molar-refractivity contribution >= 4 is 17.4 Å².